The molecule has 108 valence electrons. The maximum Gasteiger partial charge on any atom is 0.262 e. The molecular formula is C13H13N5O3. The van der Waals surface area contributed by atoms with E-state index in [0.717, 1.165) is 5.69 Å². The Balaban J connectivity index is 1.61. The topological polar surface area (TPSA) is 109 Å². The van der Waals surface area contributed by atoms with Gasteiger partial charge in [0, 0.05) is 18.5 Å². The molecule has 0 bridgehead atoms. The summed E-state index contributed by atoms with van der Waals surface area (Å²) in [5.41, 5.74) is 1.84. The van der Waals surface area contributed by atoms with Crippen LogP contribution in [0.1, 0.15) is 16.1 Å². The maximum absolute atomic E-state index is 12.0. The molecule has 8 heteroatoms. The number of ether oxygens (including phenoxy) is 1. The van der Waals surface area contributed by atoms with Gasteiger partial charge in [-0.1, -0.05) is 0 Å². The molecule has 21 heavy (non-hydrogen) atoms. The number of benzene rings is 1. The average Bonchev–Trinajstić information content (AvgIpc) is 3.00. The van der Waals surface area contributed by atoms with Crippen molar-refractivity contribution in [3.63, 3.8) is 0 Å². The highest BCUT2D eigenvalue weighted by atomic mass is 16.5. The molecule has 1 aliphatic rings. The van der Waals surface area contributed by atoms with Crippen LogP contribution < -0.4 is 15.4 Å². The molecular weight excluding hydrogens is 274 g/mol. The number of carbonyl (C=O) groups is 2. The van der Waals surface area contributed by atoms with Crippen LogP contribution >= 0.6 is 0 Å². The van der Waals surface area contributed by atoms with Gasteiger partial charge in [0.2, 0.25) is 0 Å². The van der Waals surface area contributed by atoms with Crippen molar-refractivity contribution in [2.45, 2.75) is 6.42 Å². The standard InChI is InChI=1S/C13H13N5O3/c19-12-7-21-11-5-8(1-2-10(11)16-12)13(20)14-4-3-9-6-15-18-17-9/h1-2,5-6H,3-4,7H2,(H,14,20)(H,16,19)(H,15,17,18). The Hall–Kier alpha value is -2.90. The number of nitrogens with one attached hydrogen (secondary N) is 3. The van der Waals surface area contributed by atoms with Gasteiger partial charge in [0.25, 0.3) is 11.8 Å². The monoisotopic (exact) mass is 287 g/mol. The second-order valence-corrected chi connectivity index (χ2v) is 4.52. The highest BCUT2D eigenvalue weighted by Gasteiger charge is 2.17. The summed E-state index contributed by atoms with van der Waals surface area (Å²) in [4.78, 5) is 23.2. The van der Waals surface area contributed by atoms with Gasteiger partial charge >= 0.3 is 0 Å². The van der Waals surface area contributed by atoms with Crippen molar-refractivity contribution in [2.24, 2.45) is 0 Å². The highest BCUT2D eigenvalue weighted by molar-refractivity contribution is 5.98. The summed E-state index contributed by atoms with van der Waals surface area (Å²) in [6.45, 7) is 0.421. The third-order valence-corrected chi connectivity index (χ3v) is 3.01. The van der Waals surface area contributed by atoms with Gasteiger partial charge in [-0.2, -0.15) is 15.4 Å². The van der Waals surface area contributed by atoms with Gasteiger partial charge in [-0.15, -0.1) is 0 Å². The molecule has 0 saturated heterocycles. The molecule has 2 amide bonds. The van der Waals surface area contributed by atoms with Crippen molar-refractivity contribution < 1.29 is 14.3 Å². The van der Waals surface area contributed by atoms with E-state index in [-0.39, 0.29) is 18.4 Å². The Morgan fingerprint density at radius 2 is 2.33 bits per heavy atom. The summed E-state index contributed by atoms with van der Waals surface area (Å²) in [5, 5.41) is 15.6. The molecule has 0 atom stereocenters. The Bertz CT molecular complexity index is 668. The fourth-order valence-electron chi connectivity index (χ4n) is 1.97. The number of aromatic amines is 1. The minimum Gasteiger partial charge on any atom is -0.482 e. The number of hydrogen-bond acceptors (Lipinski definition) is 5. The van der Waals surface area contributed by atoms with Gasteiger partial charge in [0.15, 0.2) is 6.61 Å². The second-order valence-electron chi connectivity index (χ2n) is 4.52. The summed E-state index contributed by atoms with van der Waals surface area (Å²) in [6, 6.07) is 4.90. The van der Waals surface area contributed by atoms with Crippen LogP contribution in [-0.2, 0) is 11.2 Å². The zero-order chi connectivity index (χ0) is 14.7. The first kappa shape index (κ1) is 13.1. The van der Waals surface area contributed by atoms with Crippen molar-refractivity contribution in [3.8, 4) is 5.75 Å². The summed E-state index contributed by atoms with van der Waals surface area (Å²) < 4.78 is 5.28. The van der Waals surface area contributed by atoms with Crippen LogP contribution in [0.15, 0.2) is 24.4 Å². The fourth-order valence-corrected chi connectivity index (χ4v) is 1.97. The number of hydrogen-bond donors (Lipinski definition) is 3. The lowest BCUT2D eigenvalue weighted by atomic mass is 10.1. The van der Waals surface area contributed by atoms with E-state index in [1.807, 2.05) is 0 Å². The molecule has 8 nitrogen and oxygen atoms in total. The van der Waals surface area contributed by atoms with Crippen LogP contribution in [0.4, 0.5) is 5.69 Å². The predicted octanol–water partition coefficient (Wildman–Crippen LogP) is 0.108. The molecule has 2 aromatic rings. The molecule has 0 saturated carbocycles. The summed E-state index contributed by atoms with van der Waals surface area (Å²) in [5.74, 6) is 0.0906. The van der Waals surface area contributed by atoms with Crippen LogP contribution in [0.5, 0.6) is 5.75 Å². The van der Waals surface area contributed by atoms with E-state index in [0.29, 0.717) is 30.0 Å². The van der Waals surface area contributed by atoms with E-state index in [2.05, 4.69) is 26.0 Å². The molecule has 1 aromatic heterocycles. The molecule has 3 rings (SSSR count). The Morgan fingerprint density at radius 3 is 3.14 bits per heavy atom. The zero-order valence-corrected chi connectivity index (χ0v) is 11.0. The maximum atomic E-state index is 12.0. The minimum atomic E-state index is -0.207. The van der Waals surface area contributed by atoms with E-state index in [9.17, 15) is 9.59 Å². The van der Waals surface area contributed by atoms with Crippen LogP contribution in [0.25, 0.3) is 0 Å². The predicted molar refractivity (Wildman–Crippen MR) is 73.0 cm³/mol. The number of carbonyl (C=O) groups excluding carboxylic acids is 2. The van der Waals surface area contributed by atoms with E-state index in [1.54, 1.807) is 24.4 Å². The van der Waals surface area contributed by atoms with Crippen LogP contribution in [-0.4, -0.2) is 40.4 Å². The molecule has 0 fully saturated rings. The molecule has 0 unspecified atom stereocenters. The number of aromatic nitrogens is 3. The third-order valence-electron chi connectivity index (χ3n) is 3.01. The third kappa shape index (κ3) is 2.99. The van der Waals surface area contributed by atoms with Gasteiger partial charge in [0.1, 0.15) is 5.75 Å². The first-order valence-electron chi connectivity index (χ1n) is 6.42. The molecule has 0 aliphatic carbocycles. The number of fused-ring (bicyclic) bond motifs is 1. The SMILES string of the molecule is O=C1COc2cc(C(=O)NCCc3cn[nH]n3)ccc2N1. The van der Waals surface area contributed by atoms with Crippen LogP contribution in [0.2, 0.25) is 0 Å². The van der Waals surface area contributed by atoms with E-state index in [4.69, 9.17) is 4.74 Å². The Morgan fingerprint density at radius 1 is 1.43 bits per heavy atom. The van der Waals surface area contributed by atoms with Crippen molar-refractivity contribution in [2.75, 3.05) is 18.5 Å². The van der Waals surface area contributed by atoms with Crippen molar-refractivity contribution >= 4 is 17.5 Å². The first-order valence-corrected chi connectivity index (χ1v) is 6.42. The van der Waals surface area contributed by atoms with Gasteiger partial charge < -0.3 is 15.4 Å². The van der Waals surface area contributed by atoms with E-state index in [1.165, 1.54) is 0 Å². The van der Waals surface area contributed by atoms with Gasteiger partial charge in [-0.25, -0.2) is 0 Å². The quantitative estimate of drug-likeness (QED) is 0.739. The smallest absolute Gasteiger partial charge is 0.262 e. The zero-order valence-electron chi connectivity index (χ0n) is 11.0. The Kier molecular flexibility index (Phi) is 3.50. The lowest BCUT2D eigenvalue weighted by Crippen LogP contribution is -2.27. The normalized spacial score (nSPS) is 13.0. The lowest BCUT2D eigenvalue weighted by Gasteiger charge is -2.18. The van der Waals surface area contributed by atoms with Gasteiger partial charge in [-0.3, -0.25) is 9.59 Å². The summed E-state index contributed by atoms with van der Waals surface area (Å²) in [7, 11) is 0. The average molecular weight is 287 g/mol. The molecule has 0 spiro atoms. The van der Waals surface area contributed by atoms with Crippen LogP contribution in [0.3, 0.4) is 0 Å². The van der Waals surface area contributed by atoms with E-state index < -0.39 is 0 Å². The van der Waals surface area contributed by atoms with Crippen molar-refractivity contribution in [3.05, 3.63) is 35.7 Å². The van der Waals surface area contributed by atoms with Gasteiger partial charge in [-0.05, 0) is 18.2 Å². The molecule has 2 heterocycles. The number of anilines is 1. The number of rotatable bonds is 4. The second kappa shape index (κ2) is 5.61. The minimum absolute atomic E-state index is 0.0375. The number of nitrogens with zero attached hydrogens (tertiary/aromatic N) is 2. The molecule has 0 radical (unpaired) electrons. The first-order chi connectivity index (χ1) is 10.2. The fraction of sp³-hybridized carbons (Fsp3) is 0.231. The Labute approximate surface area is 119 Å². The molecule has 3 N–H and O–H groups in total. The largest absolute Gasteiger partial charge is 0.482 e. The van der Waals surface area contributed by atoms with Gasteiger partial charge in [0.05, 0.1) is 17.6 Å². The number of amides is 2. The molecule has 1 aliphatic heterocycles. The van der Waals surface area contributed by atoms with Crippen molar-refractivity contribution in [1.82, 2.24) is 20.7 Å². The van der Waals surface area contributed by atoms with Crippen LogP contribution in [0, 0.1) is 0 Å². The van der Waals surface area contributed by atoms with E-state index >= 15 is 0 Å². The number of H-pyrrole nitrogens is 1. The molecule has 1 aromatic carbocycles. The van der Waals surface area contributed by atoms with Crippen molar-refractivity contribution in [1.29, 1.82) is 0 Å². The summed E-state index contributed by atoms with van der Waals surface area (Å²) >= 11 is 0. The highest BCUT2D eigenvalue weighted by Crippen LogP contribution is 2.28. The lowest BCUT2D eigenvalue weighted by molar-refractivity contribution is -0.118. The summed E-state index contributed by atoms with van der Waals surface area (Å²) in [6.07, 6.45) is 2.21.